The highest BCUT2D eigenvalue weighted by Gasteiger charge is 2.38. The summed E-state index contributed by atoms with van der Waals surface area (Å²) in [6.07, 6.45) is 3.08. The van der Waals surface area contributed by atoms with Crippen molar-refractivity contribution in [1.82, 2.24) is 24.5 Å². The van der Waals surface area contributed by atoms with Gasteiger partial charge in [0.15, 0.2) is 0 Å². The van der Waals surface area contributed by atoms with E-state index in [9.17, 15) is 9.59 Å². The van der Waals surface area contributed by atoms with Crippen molar-refractivity contribution in [2.24, 2.45) is 7.05 Å². The van der Waals surface area contributed by atoms with Gasteiger partial charge in [0.05, 0.1) is 6.54 Å². The summed E-state index contributed by atoms with van der Waals surface area (Å²) in [7, 11) is 1.86. The number of aryl methyl sites for hydroxylation is 1. The summed E-state index contributed by atoms with van der Waals surface area (Å²) in [6.45, 7) is 6.42. The van der Waals surface area contributed by atoms with Crippen LogP contribution in [0.25, 0.3) is 11.3 Å². The Kier molecular flexibility index (Phi) is 5.73. The summed E-state index contributed by atoms with van der Waals surface area (Å²) >= 11 is 0. The number of piperazine rings is 1. The summed E-state index contributed by atoms with van der Waals surface area (Å²) < 4.78 is 12.8. The van der Waals surface area contributed by atoms with Gasteiger partial charge < -0.3 is 23.6 Å². The van der Waals surface area contributed by atoms with Gasteiger partial charge in [-0.1, -0.05) is 35.5 Å². The first kappa shape index (κ1) is 21.6. The van der Waals surface area contributed by atoms with E-state index in [1.54, 1.807) is 22.1 Å². The van der Waals surface area contributed by atoms with Gasteiger partial charge in [0.25, 0.3) is 5.91 Å². The van der Waals surface area contributed by atoms with Crippen molar-refractivity contribution in [3.63, 3.8) is 0 Å². The van der Waals surface area contributed by atoms with Crippen LogP contribution in [-0.4, -0.2) is 61.7 Å². The van der Waals surface area contributed by atoms with E-state index in [-0.39, 0.29) is 18.2 Å². The number of benzene rings is 1. The number of imidazole rings is 1. The van der Waals surface area contributed by atoms with Gasteiger partial charge in [-0.3, -0.25) is 4.79 Å². The summed E-state index contributed by atoms with van der Waals surface area (Å²) in [6, 6.07) is 10.7. The zero-order valence-electron chi connectivity index (χ0n) is 18.7. The normalized spacial score (nSPS) is 16.8. The predicted molar refractivity (Wildman–Crippen MR) is 117 cm³/mol. The van der Waals surface area contributed by atoms with Crippen molar-refractivity contribution >= 4 is 12.0 Å². The van der Waals surface area contributed by atoms with Gasteiger partial charge in [0.2, 0.25) is 5.76 Å². The first-order chi connectivity index (χ1) is 15.2. The summed E-state index contributed by atoms with van der Waals surface area (Å²) in [5.41, 5.74) is 0.858. The van der Waals surface area contributed by atoms with Crippen molar-refractivity contribution in [3.8, 4) is 11.3 Å². The molecule has 1 saturated heterocycles. The number of rotatable bonds is 3. The third-order valence-electron chi connectivity index (χ3n) is 5.24. The van der Waals surface area contributed by atoms with Gasteiger partial charge in [-0.15, -0.1) is 0 Å². The minimum atomic E-state index is -0.601. The van der Waals surface area contributed by atoms with Crippen LogP contribution in [0.4, 0.5) is 4.79 Å². The van der Waals surface area contributed by atoms with Crippen molar-refractivity contribution in [1.29, 1.82) is 0 Å². The van der Waals surface area contributed by atoms with Crippen LogP contribution >= 0.6 is 0 Å². The first-order valence-electron chi connectivity index (χ1n) is 10.5. The molecule has 1 aliphatic heterocycles. The van der Waals surface area contributed by atoms with Crippen LogP contribution in [0.1, 0.15) is 43.2 Å². The van der Waals surface area contributed by atoms with Gasteiger partial charge in [0, 0.05) is 44.2 Å². The van der Waals surface area contributed by atoms with Gasteiger partial charge in [-0.2, -0.15) is 0 Å². The number of hydrogen-bond donors (Lipinski definition) is 0. The maximum absolute atomic E-state index is 13.4. The van der Waals surface area contributed by atoms with Crippen LogP contribution in [0, 0.1) is 0 Å². The van der Waals surface area contributed by atoms with E-state index in [1.165, 1.54) is 0 Å². The number of hydrogen-bond acceptors (Lipinski definition) is 6. The van der Waals surface area contributed by atoms with Crippen molar-refractivity contribution in [3.05, 3.63) is 60.4 Å². The largest absolute Gasteiger partial charge is 0.444 e. The highest BCUT2D eigenvalue weighted by molar-refractivity contribution is 5.93. The number of carbonyl (C=O) groups is 2. The van der Waals surface area contributed by atoms with Gasteiger partial charge in [-0.05, 0) is 20.8 Å². The summed E-state index contributed by atoms with van der Waals surface area (Å²) in [4.78, 5) is 33.8. The molecule has 9 nitrogen and oxygen atoms in total. The summed E-state index contributed by atoms with van der Waals surface area (Å²) in [5, 5.41) is 4.06. The molecule has 3 heterocycles. The fraction of sp³-hybridized carbons (Fsp3) is 0.391. The number of aromatic nitrogens is 3. The van der Waals surface area contributed by atoms with Crippen molar-refractivity contribution in [2.45, 2.75) is 32.4 Å². The molecule has 3 aromatic rings. The molecule has 0 bridgehead atoms. The SMILES string of the molecule is Cn1ccnc1[C@H]1CN(C(=O)OC(C)(C)C)CCN1C(=O)c1cc(-c2ccccc2)no1. The van der Waals surface area contributed by atoms with Crippen molar-refractivity contribution < 1.29 is 18.8 Å². The van der Waals surface area contributed by atoms with E-state index in [0.717, 1.165) is 5.56 Å². The Labute approximate surface area is 186 Å². The molecule has 168 valence electrons. The van der Waals surface area contributed by atoms with E-state index >= 15 is 0 Å². The first-order valence-corrected chi connectivity index (χ1v) is 10.5. The maximum Gasteiger partial charge on any atom is 0.410 e. The van der Waals surface area contributed by atoms with Crippen LogP contribution in [0.2, 0.25) is 0 Å². The number of ether oxygens (including phenoxy) is 1. The highest BCUT2D eigenvalue weighted by Crippen LogP contribution is 2.28. The third-order valence-corrected chi connectivity index (χ3v) is 5.24. The van der Waals surface area contributed by atoms with Crippen LogP contribution in [-0.2, 0) is 11.8 Å². The Balaban J connectivity index is 1.58. The zero-order chi connectivity index (χ0) is 22.9. The second-order valence-electron chi connectivity index (χ2n) is 8.78. The molecule has 1 aromatic carbocycles. The number of amides is 2. The Morgan fingerprint density at radius 2 is 1.91 bits per heavy atom. The van der Waals surface area contributed by atoms with Crippen LogP contribution in [0.5, 0.6) is 0 Å². The average molecular weight is 438 g/mol. The Morgan fingerprint density at radius 1 is 1.16 bits per heavy atom. The Hall–Kier alpha value is -3.62. The lowest BCUT2D eigenvalue weighted by Crippen LogP contribution is -2.53. The van der Waals surface area contributed by atoms with Crippen LogP contribution in [0.15, 0.2) is 53.3 Å². The average Bonchev–Trinajstić information content (AvgIpc) is 3.41. The van der Waals surface area contributed by atoms with E-state index in [2.05, 4.69) is 10.1 Å². The molecular formula is C23H27N5O4. The molecule has 1 aliphatic rings. The standard InChI is InChI=1S/C23H27N5O4/c1-23(2,3)31-22(30)27-12-13-28(18(15-27)20-24-10-11-26(20)4)21(29)19-14-17(25-32-19)16-8-6-5-7-9-16/h5-11,14,18H,12-13,15H2,1-4H3/t18-/m1/s1. The van der Waals surface area contributed by atoms with Crippen LogP contribution < -0.4 is 0 Å². The highest BCUT2D eigenvalue weighted by atomic mass is 16.6. The molecule has 9 heteroatoms. The molecule has 1 fully saturated rings. The molecule has 32 heavy (non-hydrogen) atoms. The quantitative estimate of drug-likeness (QED) is 0.622. The molecule has 1 atom stereocenters. The van der Waals surface area contributed by atoms with Gasteiger partial charge in [-0.25, -0.2) is 9.78 Å². The fourth-order valence-corrected chi connectivity index (χ4v) is 3.70. The minimum Gasteiger partial charge on any atom is -0.444 e. The predicted octanol–water partition coefficient (Wildman–Crippen LogP) is 3.51. The molecule has 4 rings (SSSR count). The Bertz CT molecular complexity index is 1100. The van der Waals surface area contributed by atoms with E-state index in [1.807, 2.05) is 68.9 Å². The monoisotopic (exact) mass is 437 g/mol. The fourth-order valence-electron chi connectivity index (χ4n) is 3.70. The molecule has 0 radical (unpaired) electrons. The van der Waals surface area contributed by atoms with E-state index in [0.29, 0.717) is 24.6 Å². The second-order valence-corrected chi connectivity index (χ2v) is 8.78. The lowest BCUT2D eigenvalue weighted by Gasteiger charge is -2.40. The number of nitrogens with zero attached hydrogens (tertiary/aromatic N) is 5. The maximum atomic E-state index is 13.4. The molecule has 2 aromatic heterocycles. The Morgan fingerprint density at radius 3 is 2.56 bits per heavy atom. The number of carbonyl (C=O) groups excluding carboxylic acids is 2. The molecule has 0 unspecified atom stereocenters. The van der Waals surface area contributed by atoms with Gasteiger partial charge in [0.1, 0.15) is 23.2 Å². The second kappa shape index (κ2) is 8.49. The topological polar surface area (TPSA) is 93.7 Å². The van der Waals surface area contributed by atoms with E-state index in [4.69, 9.17) is 9.26 Å². The molecular weight excluding hydrogens is 410 g/mol. The molecule has 2 amide bonds. The molecule has 0 N–H and O–H groups in total. The third kappa shape index (κ3) is 4.51. The van der Waals surface area contributed by atoms with E-state index < -0.39 is 17.7 Å². The summed E-state index contributed by atoms with van der Waals surface area (Å²) in [5.74, 6) is 0.528. The lowest BCUT2D eigenvalue weighted by atomic mass is 10.1. The molecule has 0 spiro atoms. The molecule has 0 aliphatic carbocycles. The smallest absolute Gasteiger partial charge is 0.410 e. The van der Waals surface area contributed by atoms with Crippen LogP contribution in [0.3, 0.4) is 0 Å². The molecule has 0 saturated carbocycles. The minimum absolute atomic E-state index is 0.147. The lowest BCUT2D eigenvalue weighted by molar-refractivity contribution is 0.00209. The zero-order valence-corrected chi connectivity index (χ0v) is 18.7. The van der Waals surface area contributed by atoms with Crippen molar-refractivity contribution in [2.75, 3.05) is 19.6 Å². The van der Waals surface area contributed by atoms with Gasteiger partial charge >= 0.3 is 6.09 Å².